The second-order valence-corrected chi connectivity index (χ2v) is 12.1. The molecule has 38 heavy (non-hydrogen) atoms. The minimum absolute atomic E-state index is 0.136. The normalized spacial score (nSPS) is 29.5. The SMILES string of the molecule is CCCCC(CCN1C(=O)CC2CC(CC1=O)C(O)C2O)CN1CCC(N2CCc3ccc(F)cc32)CC1. The molecule has 2 amide bonds. The zero-order chi connectivity index (χ0) is 26.8. The molecule has 3 aliphatic heterocycles. The van der Waals surface area contributed by atoms with Gasteiger partial charge in [0.05, 0.1) is 12.2 Å². The highest BCUT2D eigenvalue weighted by Crippen LogP contribution is 2.38. The minimum Gasteiger partial charge on any atom is -0.390 e. The number of unbranched alkanes of at least 4 members (excludes halogenated alkanes) is 1. The molecule has 7 nitrogen and oxygen atoms in total. The Morgan fingerprint density at radius 1 is 1.00 bits per heavy atom. The van der Waals surface area contributed by atoms with Crippen molar-refractivity contribution in [1.82, 2.24) is 9.80 Å². The van der Waals surface area contributed by atoms with Crippen molar-refractivity contribution in [3.63, 3.8) is 0 Å². The molecule has 0 spiro atoms. The molecule has 3 heterocycles. The largest absolute Gasteiger partial charge is 0.390 e. The van der Waals surface area contributed by atoms with Crippen LogP contribution in [0.15, 0.2) is 18.2 Å². The van der Waals surface area contributed by atoms with Crippen molar-refractivity contribution in [3.8, 4) is 0 Å². The topological polar surface area (TPSA) is 84.3 Å². The maximum absolute atomic E-state index is 13.9. The maximum atomic E-state index is 13.9. The Balaban J connectivity index is 1.15. The average molecular weight is 530 g/mol. The highest BCUT2D eigenvalue weighted by Gasteiger charge is 2.46. The Morgan fingerprint density at radius 2 is 1.68 bits per heavy atom. The zero-order valence-corrected chi connectivity index (χ0v) is 22.7. The first-order valence-corrected chi connectivity index (χ1v) is 14.8. The van der Waals surface area contributed by atoms with Crippen LogP contribution < -0.4 is 4.90 Å². The van der Waals surface area contributed by atoms with Gasteiger partial charge in [-0.25, -0.2) is 4.39 Å². The van der Waals surface area contributed by atoms with Crippen molar-refractivity contribution in [1.29, 1.82) is 0 Å². The third-order valence-electron chi connectivity index (χ3n) is 9.62. The van der Waals surface area contributed by atoms with Crippen LogP contribution in [0.2, 0.25) is 0 Å². The Hall–Kier alpha value is -2.03. The van der Waals surface area contributed by atoms with Gasteiger partial charge in [-0.2, -0.15) is 0 Å². The lowest BCUT2D eigenvalue weighted by Gasteiger charge is -2.39. The number of likely N-dealkylation sites (tertiary alicyclic amines) is 2. The summed E-state index contributed by atoms with van der Waals surface area (Å²) in [5.74, 6) is -0.674. The van der Waals surface area contributed by atoms with Crippen molar-refractivity contribution in [2.75, 3.05) is 37.6 Å². The van der Waals surface area contributed by atoms with Crippen LogP contribution in [0.1, 0.15) is 70.3 Å². The molecule has 8 heteroatoms. The number of fused-ring (bicyclic) bond motifs is 3. The Morgan fingerprint density at radius 3 is 2.34 bits per heavy atom. The van der Waals surface area contributed by atoms with E-state index in [0.29, 0.717) is 24.9 Å². The summed E-state index contributed by atoms with van der Waals surface area (Å²) in [7, 11) is 0. The number of aliphatic hydroxyl groups excluding tert-OH is 2. The molecule has 5 unspecified atom stereocenters. The van der Waals surface area contributed by atoms with Crippen LogP contribution in [0.3, 0.4) is 0 Å². The van der Waals surface area contributed by atoms with E-state index in [9.17, 15) is 24.2 Å². The molecule has 0 radical (unpaired) electrons. The number of benzene rings is 1. The van der Waals surface area contributed by atoms with Gasteiger partial charge in [0.1, 0.15) is 5.82 Å². The second-order valence-electron chi connectivity index (χ2n) is 12.1. The number of carbonyl (C=O) groups is 2. The molecule has 4 aliphatic rings. The van der Waals surface area contributed by atoms with Gasteiger partial charge in [0, 0.05) is 57.3 Å². The zero-order valence-electron chi connectivity index (χ0n) is 22.7. The van der Waals surface area contributed by atoms with Crippen LogP contribution in [0.25, 0.3) is 0 Å². The first kappa shape index (κ1) is 27.5. The molecule has 2 N–H and O–H groups in total. The number of anilines is 1. The molecule has 5 rings (SSSR count). The fraction of sp³-hybridized carbons (Fsp3) is 0.733. The van der Waals surface area contributed by atoms with Crippen LogP contribution >= 0.6 is 0 Å². The van der Waals surface area contributed by atoms with E-state index in [1.54, 1.807) is 12.1 Å². The molecule has 1 aromatic carbocycles. The smallest absolute Gasteiger partial charge is 0.229 e. The summed E-state index contributed by atoms with van der Waals surface area (Å²) in [5, 5.41) is 20.6. The Bertz CT molecular complexity index is 970. The molecular weight excluding hydrogens is 485 g/mol. The van der Waals surface area contributed by atoms with E-state index in [2.05, 4.69) is 16.7 Å². The number of imide groups is 1. The van der Waals surface area contributed by atoms with Crippen LogP contribution in [0.4, 0.5) is 10.1 Å². The van der Waals surface area contributed by atoms with E-state index in [-0.39, 0.29) is 42.3 Å². The van der Waals surface area contributed by atoms with Crippen LogP contribution in [-0.2, 0) is 16.0 Å². The van der Waals surface area contributed by atoms with E-state index < -0.39 is 12.2 Å². The second kappa shape index (κ2) is 12.0. The summed E-state index contributed by atoms with van der Waals surface area (Å²) >= 11 is 0. The van der Waals surface area contributed by atoms with Crippen LogP contribution in [-0.4, -0.2) is 82.8 Å². The number of halogens is 1. The highest BCUT2D eigenvalue weighted by atomic mass is 19.1. The number of nitrogens with zero attached hydrogens (tertiary/aromatic N) is 3. The van der Waals surface area contributed by atoms with Crippen LogP contribution in [0, 0.1) is 23.6 Å². The van der Waals surface area contributed by atoms with Crippen molar-refractivity contribution in [2.45, 2.75) is 89.4 Å². The average Bonchev–Trinajstić information content (AvgIpc) is 3.43. The number of hydrogen-bond donors (Lipinski definition) is 2. The number of hydrogen-bond acceptors (Lipinski definition) is 6. The van der Waals surface area contributed by atoms with E-state index in [0.717, 1.165) is 76.8 Å². The standard InChI is InChI=1S/C30H44FN3O4/c1-2-3-4-20(7-13-34-27(35)16-22-15-23(17-28(34)36)30(38)29(22)37)19-32-11-9-25(10-12-32)33-14-8-21-5-6-24(31)18-26(21)33/h5-6,18,20,22-23,25,29-30,37-38H,2-4,7-17,19H2,1H3. The van der Waals surface area contributed by atoms with Gasteiger partial charge in [0.15, 0.2) is 0 Å². The van der Waals surface area contributed by atoms with E-state index >= 15 is 0 Å². The summed E-state index contributed by atoms with van der Waals surface area (Å²) in [5.41, 5.74) is 2.32. The predicted molar refractivity (Wildman–Crippen MR) is 144 cm³/mol. The lowest BCUT2D eigenvalue weighted by atomic mass is 9.93. The number of aliphatic hydroxyl groups is 2. The third-order valence-corrected chi connectivity index (χ3v) is 9.62. The Kier molecular flexibility index (Phi) is 8.70. The summed E-state index contributed by atoms with van der Waals surface area (Å²) in [6, 6.07) is 5.62. The number of rotatable bonds is 9. The lowest BCUT2D eigenvalue weighted by molar-refractivity contribution is -0.147. The van der Waals surface area contributed by atoms with Gasteiger partial charge in [-0.1, -0.05) is 25.8 Å². The molecule has 1 saturated carbocycles. The summed E-state index contributed by atoms with van der Waals surface area (Å²) in [4.78, 5) is 32.3. The molecule has 0 aromatic heterocycles. The van der Waals surface area contributed by atoms with Gasteiger partial charge in [-0.3, -0.25) is 14.5 Å². The van der Waals surface area contributed by atoms with E-state index in [1.807, 2.05) is 6.07 Å². The van der Waals surface area contributed by atoms with Crippen molar-refractivity contribution >= 4 is 17.5 Å². The van der Waals surface area contributed by atoms with Gasteiger partial charge in [0.25, 0.3) is 0 Å². The molecule has 3 fully saturated rings. The van der Waals surface area contributed by atoms with Gasteiger partial charge in [0.2, 0.25) is 11.8 Å². The van der Waals surface area contributed by atoms with Crippen molar-refractivity contribution in [3.05, 3.63) is 29.6 Å². The molecule has 210 valence electrons. The summed E-state index contributed by atoms with van der Waals surface area (Å²) in [6.45, 7) is 6.57. The number of amides is 2. The fourth-order valence-corrected chi connectivity index (χ4v) is 7.36. The molecule has 2 saturated heterocycles. The van der Waals surface area contributed by atoms with Gasteiger partial charge in [-0.15, -0.1) is 0 Å². The van der Waals surface area contributed by atoms with Crippen molar-refractivity contribution in [2.24, 2.45) is 17.8 Å². The maximum Gasteiger partial charge on any atom is 0.229 e. The Labute approximate surface area is 226 Å². The van der Waals surface area contributed by atoms with Gasteiger partial charge in [-0.05, 0) is 74.0 Å². The minimum atomic E-state index is -0.912. The third kappa shape index (κ3) is 5.92. The first-order valence-electron chi connectivity index (χ1n) is 14.8. The predicted octanol–water partition coefficient (Wildman–Crippen LogP) is 3.36. The molecule has 2 bridgehead atoms. The highest BCUT2D eigenvalue weighted by molar-refractivity contribution is 5.96. The molecule has 1 aliphatic carbocycles. The lowest BCUT2D eigenvalue weighted by Crippen LogP contribution is -2.46. The molecule has 5 atom stereocenters. The number of piperidine rings is 1. The van der Waals surface area contributed by atoms with E-state index in [1.165, 1.54) is 10.5 Å². The fourth-order valence-electron chi connectivity index (χ4n) is 7.36. The molecular formula is C30H44FN3O4. The van der Waals surface area contributed by atoms with Gasteiger partial charge < -0.3 is 20.0 Å². The molecule has 1 aromatic rings. The van der Waals surface area contributed by atoms with Gasteiger partial charge >= 0.3 is 0 Å². The number of carbonyl (C=O) groups excluding carboxylic acids is 2. The summed E-state index contributed by atoms with van der Waals surface area (Å²) < 4.78 is 13.9. The summed E-state index contributed by atoms with van der Waals surface area (Å²) in [6.07, 6.45) is 6.21. The van der Waals surface area contributed by atoms with E-state index in [4.69, 9.17) is 0 Å². The monoisotopic (exact) mass is 529 g/mol. The van der Waals surface area contributed by atoms with Crippen molar-refractivity contribution < 1.29 is 24.2 Å². The quantitative estimate of drug-likeness (QED) is 0.478. The first-order chi connectivity index (χ1) is 18.3. The van der Waals surface area contributed by atoms with Crippen LogP contribution in [0.5, 0.6) is 0 Å².